The zero-order chi connectivity index (χ0) is 18.4. The molecule has 0 unspecified atom stereocenters. The number of hydrogen-bond donors (Lipinski definition) is 3. The van der Waals surface area contributed by atoms with Crippen molar-refractivity contribution in [3.8, 4) is 0 Å². The Morgan fingerprint density at radius 2 is 1.96 bits per heavy atom. The number of benzene rings is 1. The monoisotopic (exact) mass is 357 g/mol. The normalized spacial score (nSPS) is 14.0. The van der Waals surface area contributed by atoms with Gasteiger partial charge in [-0.25, -0.2) is 0 Å². The fraction of sp³-hybridized carbons (Fsp3) is 0.368. The number of carbonyl (C=O) groups excluding carboxylic acids is 2. The van der Waals surface area contributed by atoms with Gasteiger partial charge < -0.3 is 25.1 Å². The van der Waals surface area contributed by atoms with Gasteiger partial charge in [-0.2, -0.15) is 0 Å². The molecular weight excluding hydrogens is 334 g/mol. The lowest BCUT2D eigenvalue weighted by molar-refractivity contribution is -0.139. The fourth-order valence-corrected chi connectivity index (χ4v) is 3.16. The maximum atomic E-state index is 12.0. The number of rotatable bonds is 7. The summed E-state index contributed by atoms with van der Waals surface area (Å²) < 4.78 is 5.57. The molecule has 2 heterocycles. The Labute approximate surface area is 152 Å². The predicted molar refractivity (Wildman–Crippen MR) is 96.7 cm³/mol. The first kappa shape index (κ1) is 18.0. The first-order chi connectivity index (χ1) is 12.7. The largest absolute Gasteiger partial charge is 0.467 e. The third-order valence-corrected chi connectivity index (χ3v) is 4.45. The van der Waals surface area contributed by atoms with Gasteiger partial charge in [0.15, 0.2) is 0 Å². The molecule has 0 spiro atoms. The highest BCUT2D eigenvalue weighted by Gasteiger charge is 2.29. The van der Waals surface area contributed by atoms with Crippen molar-refractivity contribution < 1.29 is 19.1 Å². The van der Waals surface area contributed by atoms with Crippen molar-refractivity contribution in [2.24, 2.45) is 0 Å². The van der Waals surface area contributed by atoms with Gasteiger partial charge in [-0.3, -0.25) is 9.59 Å². The highest BCUT2D eigenvalue weighted by molar-refractivity contribution is 6.35. The van der Waals surface area contributed by atoms with Gasteiger partial charge in [-0.05, 0) is 36.6 Å². The average molecular weight is 357 g/mol. The van der Waals surface area contributed by atoms with Crippen molar-refractivity contribution in [1.29, 1.82) is 0 Å². The van der Waals surface area contributed by atoms with Crippen LogP contribution in [0.4, 0.5) is 5.69 Å². The van der Waals surface area contributed by atoms with Crippen LogP contribution in [0.1, 0.15) is 23.8 Å². The average Bonchev–Trinajstić information content (AvgIpc) is 3.32. The number of nitrogens with zero attached hydrogens (tertiary/aromatic N) is 1. The van der Waals surface area contributed by atoms with Crippen LogP contribution in [0.3, 0.4) is 0 Å². The van der Waals surface area contributed by atoms with E-state index in [1.807, 2.05) is 24.3 Å². The number of aliphatic hydroxyl groups is 1. The number of fused-ring (bicyclic) bond motifs is 1. The molecule has 0 radical (unpaired) electrons. The fourth-order valence-electron chi connectivity index (χ4n) is 3.16. The van der Waals surface area contributed by atoms with Crippen LogP contribution in [-0.2, 0) is 16.0 Å². The van der Waals surface area contributed by atoms with E-state index in [-0.39, 0.29) is 25.7 Å². The van der Waals surface area contributed by atoms with Crippen molar-refractivity contribution in [2.75, 3.05) is 31.1 Å². The lowest BCUT2D eigenvalue weighted by Gasteiger charge is -2.29. The summed E-state index contributed by atoms with van der Waals surface area (Å²) in [6, 6.07) is 11.7. The molecule has 7 nitrogen and oxygen atoms in total. The first-order valence-corrected chi connectivity index (χ1v) is 8.75. The number of aliphatic hydroxyl groups excluding tert-OH is 1. The molecule has 0 fully saturated rings. The van der Waals surface area contributed by atoms with Crippen molar-refractivity contribution in [3.05, 3.63) is 54.0 Å². The van der Waals surface area contributed by atoms with Crippen molar-refractivity contribution in [1.82, 2.24) is 10.6 Å². The summed E-state index contributed by atoms with van der Waals surface area (Å²) in [7, 11) is 0. The lowest BCUT2D eigenvalue weighted by Crippen LogP contribution is -2.44. The number of furan rings is 1. The van der Waals surface area contributed by atoms with E-state index < -0.39 is 11.8 Å². The Kier molecular flexibility index (Phi) is 5.91. The Balaban J connectivity index is 1.67. The van der Waals surface area contributed by atoms with Crippen molar-refractivity contribution in [2.45, 2.75) is 18.9 Å². The van der Waals surface area contributed by atoms with Gasteiger partial charge in [-0.15, -0.1) is 0 Å². The third kappa shape index (κ3) is 4.05. The molecule has 7 heteroatoms. The molecule has 1 aliphatic rings. The molecule has 1 aromatic heterocycles. The van der Waals surface area contributed by atoms with Gasteiger partial charge in [0.25, 0.3) is 0 Å². The summed E-state index contributed by atoms with van der Waals surface area (Å²) in [6.07, 6.45) is 2.95. The third-order valence-electron chi connectivity index (χ3n) is 4.45. The molecule has 0 bridgehead atoms. The van der Waals surface area contributed by atoms with Crippen LogP contribution in [0.15, 0.2) is 47.1 Å². The lowest BCUT2D eigenvalue weighted by atomic mass is 10.1. The Bertz CT molecular complexity index is 745. The van der Waals surface area contributed by atoms with Gasteiger partial charge in [0.05, 0.1) is 6.26 Å². The van der Waals surface area contributed by atoms with Crippen LogP contribution in [0.2, 0.25) is 0 Å². The van der Waals surface area contributed by atoms with Crippen LogP contribution < -0.4 is 15.5 Å². The van der Waals surface area contributed by atoms with Crippen LogP contribution in [-0.4, -0.2) is 43.2 Å². The summed E-state index contributed by atoms with van der Waals surface area (Å²) in [5.41, 5.74) is 2.38. The minimum atomic E-state index is -0.696. The predicted octanol–water partition coefficient (Wildman–Crippen LogP) is 0.998. The van der Waals surface area contributed by atoms with Crippen LogP contribution in [0.25, 0.3) is 0 Å². The smallest absolute Gasteiger partial charge is 0.309 e. The van der Waals surface area contributed by atoms with Gasteiger partial charge >= 0.3 is 11.8 Å². The molecule has 3 rings (SSSR count). The Morgan fingerprint density at radius 1 is 1.15 bits per heavy atom. The highest BCUT2D eigenvalue weighted by atomic mass is 16.3. The molecular formula is C19H23N3O4. The van der Waals surface area contributed by atoms with Crippen molar-refractivity contribution in [3.63, 3.8) is 0 Å². The summed E-state index contributed by atoms with van der Waals surface area (Å²) in [6.45, 7) is 1.32. The number of anilines is 1. The molecule has 0 aliphatic carbocycles. The minimum Gasteiger partial charge on any atom is -0.467 e. The Morgan fingerprint density at radius 3 is 2.73 bits per heavy atom. The topological polar surface area (TPSA) is 94.8 Å². The summed E-state index contributed by atoms with van der Waals surface area (Å²) in [5.74, 6) is -0.645. The quantitative estimate of drug-likeness (QED) is 0.508. The van der Waals surface area contributed by atoms with E-state index in [4.69, 9.17) is 9.52 Å². The molecule has 1 atom stereocenters. The van der Waals surface area contributed by atoms with Gasteiger partial charge in [-0.1, -0.05) is 18.2 Å². The maximum Gasteiger partial charge on any atom is 0.309 e. The number of hydrogen-bond acceptors (Lipinski definition) is 5. The zero-order valence-corrected chi connectivity index (χ0v) is 14.5. The number of carbonyl (C=O) groups is 2. The molecule has 1 aromatic carbocycles. The minimum absolute atomic E-state index is 0.0309. The van der Waals surface area contributed by atoms with E-state index in [1.165, 1.54) is 5.56 Å². The van der Waals surface area contributed by atoms with Crippen LogP contribution >= 0.6 is 0 Å². The molecule has 0 saturated carbocycles. The highest BCUT2D eigenvalue weighted by Crippen LogP contribution is 2.34. The van der Waals surface area contributed by atoms with E-state index in [2.05, 4.69) is 27.7 Å². The first-order valence-electron chi connectivity index (χ1n) is 8.75. The summed E-state index contributed by atoms with van der Waals surface area (Å²) >= 11 is 0. The number of amides is 2. The molecule has 1 aliphatic heterocycles. The second kappa shape index (κ2) is 8.53. The van der Waals surface area contributed by atoms with Crippen molar-refractivity contribution >= 4 is 17.5 Å². The summed E-state index contributed by atoms with van der Waals surface area (Å²) in [5, 5.41) is 13.9. The van der Waals surface area contributed by atoms with E-state index in [1.54, 1.807) is 6.26 Å². The molecule has 26 heavy (non-hydrogen) atoms. The molecule has 138 valence electrons. The van der Waals surface area contributed by atoms with E-state index >= 15 is 0 Å². The molecule has 2 amide bonds. The SMILES string of the molecule is O=C(NCCCO)C(=O)NC[C@@H](c1ccco1)N1CCc2ccccc21. The zero-order valence-electron chi connectivity index (χ0n) is 14.5. The van der Waals surface area contributed by atoms with Gasteiger partial charge in [0.1, 0.15) is 11.8 Å². The molecule has 3 N–H and O–H groups in total. The standard InChI is InChI=1S/C19H23N3O4/c23-11-4-9-20-18(24)19(25)21-13-16(17-7-3-12-26-17)22-10-8-14-5-1-2-6-15(14)22/h1-3,5-7,12,16,23H,4,8-11,13H2,(H,20,24)(H,21,25)/t16-/m0/s1. The summed E-state index contributed by atoms with van der Waals surface area (Å²) in [4.78, 5) is 26.0. The van der Waals surface area contributed by atoms with E-state index in [0.717, 1.165) is 24.4 Å². The second-order valence-corrected chi connectivity index (χ2v) is 6.15. The number of para-hydroxylation sites is 1. The Hall–Kier alpha value is -2.80. The van der Waals surface area contributed by atoms with Crippen LogP contribution in [0.5, 0.6) is 0 Å². The van der Waals surface area contributed by atoms with Crippen LogP contribution in [0, 0.1) is 0 Å². The van der Waals surface area contributed by atoms with E-state index in [9.17, 15) is 9.59 Å². The molecule has 2 aromatic rings. The number of nitrogens with one attached hydrogen (secondary N) is 2. The molecule has 0 saturated heterocycles. The second-order valence-electron chi connectivity index (χ2n) is 6.15. The van der Waals surface area contributed by atoms with Gasteiger partial charge in [0, 0.05) is 31.9 Å². The van der Waals surface area contributed by atoms with Gasteiger partial charge in [0.2, 0.25) is 0 Å². The van der Waals surface area contributed by atoms with E-state index in [0.29, 0.717) is 6.42 Å². The maximum absolute atomic E-state index is 12.0.